The van der Waals surface area contributed by atoms with Gasteiger partial charge in [0.05, 0.1) is 0 Å². The van der Waals surface area contributed by atoms with E-state index in [0.717, 1.165) is 21.6 Å². The van der Waals surface area contributed by atoms with Gasteiger partial charge in [-0.2, -0.15) is 0 Å². The zero-order valence-electron chi connectivity index (χ0n) is 16.4. The Kier molecular flexibility index (Phi) is 9.76. The summed E-state index contributed by atoms with van der Waals surface area (Å²) in [6.07, 6.45) is -0.321. The molecule has 34 heavy (non-hydrogen) atoms. The van der Waals surface area contributed by atoms with E-state index in [4.69, 9.17) is 0 Å². The maximum absolute atomic E-state index is 10.8. The molecular formula is C14H12N6O12S2. The van der Waals surface area contributed by atoms with E-state index in [2.05, 4.69) is 29.3 Å². The van der Waals surface area contributed by atoms with Gasteiger partial charge in [0.1, 0.15) is 23.3 Å². The summed E-state index contributed by atoms with van der Waals surface area (Å²) in [7, 11) is 1.76. The molecule has 2 unspecified atom stereocenters. The van der Waals surface area contributed by atoms with Crippen molar-refractivity contribution >= 4 is 21.6 Å². The summed E-state index contributed by atoms with van der Waals surface area (Å²) < 4.78 is 0. The normalized spacial score (nSPS) is 12.1. The van der Waals surface area contributed by atoms with E-state index in [9.17, 15) is 40.5 Å². The van der Waals surface area contributed by atoms with Gasteiger partial charge in [0.25, 0.3) is 20.3 Å². The number of aromatic nitrogens is 2. The molecule has 18 nitrogen and oxygen atoms in total. The molecule has 0 aliphatic rings. The van der Waals surface area contributed by atoms with Crippen molar-refractivity contribution in [2.75, 3.05) is 13.2 Å². The smallest absolute Gasteiger partial charge is 0.295 e. The van der Waals surface area contributed by atoms with Crippen LogP contribution in [-0.2, 0) is 19.4 Å². The molecule has 0 radical (unpaired) electrons. The molecular weight excluding hydrogens is 508 g/mol. The second-order valence-corrected chi connectivity index (χ2v) is 7.74. The fourth-order valence-corrected chi connectivity index (χ4v) is 4.60. The predicted octanol–water partition coefficient (Wildman–Crippen LogP) is 2.19. The van der Waals surface area contributed by atoms with Crippen LogP contribution >= 0.6 is 21.6 Å². The number of nitrogens with zero attached hydrogens (tertiary/aromatic N) is 6. The van der Waals surface area contributed by atoms with Gasteiger partial charge in [0, 0.05) is 23.5 Å². The van der Waals surface area contributed by atoms with Crippen LogP contribution in [0, 0.1) is 40.5 Å². The first kappa shape index (κ1) is 26.1. The molecule has 0 aliphatic carbocycles. The lowest BCUT2D eigenvalue weighted by molar-refractivity contribution is -0.792. The number of rotatable bonds is 15. The van der Waals surface area contributed by atoms with Gasteiger partial charge in [-0.3, -0.25) is 0 Å². The third kappa shape index (κ3) is 8.38. The highest BCUT2D eigenvalue weighted by Crippen LogP contribution is 2.42. The number of pyridine rings is 2. The summed E-state index contributed by atoms with van der Waals surface area (Å²) in [6.45, 7) is -1.60. The van der Waals surface area contributed by atoms with Crippen molar-refractivity contribution in [3.8, 4) is 0 Å². The summed E-state index contributed by atoms with van der Waals surface area (Å²) in [5.74, 6) is 0. The minimum absolute atomic E-state index is 0.0748. The highest BCUT2D eigenvalue weighted by molar-refractivity contribution is 8.76. The van der Waals surface area contributed by atoms with Crippen LogP contribution < -0.4 is 0 Å². The van der Waals surface area contributed by atoms with Gasteiger partial charge in [-0.15, -0.1) is 40.5 Å². The molecule has 0 aromatic carbocycles. The lowest BCUT2D eigenvalue weighted by atomic mass is 10.2. The van der Waals surface area contributed by atoms with Crippen LogP contribution in [0.2, 0.25) is 0 Å². The summed E-state index contributed by atoms with van der Waals surface area (Å²) in [5.41, 5.74) is 0.150. The van der Waals surface area contributed by atoms with E-state index in [1.54, 1.807) is 0 Å². The Morgan fingerprint density at radius 2 is 1.09 bits per heavy atom. The molecule has 2 rings (SSSR count). The van der Waals surface area contributed by atoms with Gasteiger partial charge in [-0.25, -0.2) is 9.97 Å². The second kappa shape index (κ2) is 12.7. The van der Waals surface area contributed by atoms with Crippen molar-refractivity contribution in [2.45, 2.75) is 22.3 Å². The molecule has 20 heteroatoms. The maximum atomic E-state index is 10.8. The summed E-state index contributed by atoms with van der Waals surface area (Å²) in [6, 6.07) is 5.57. The van der Waals surface area contributed by atoms with Crippen LogP contribution in [0.1, 0.15) is 23.3 Å². The SMILES string of the molecule is O=[N+]([O-])OCC(O[N+](=O)[O-])c1cccnc1SSc1ncccc1C(CO[N+](=O)[O-])O[N+](=O)[O-]. The van der Waals surface area contributed by atoms with Gasteiger partial charge < -0.3 is 19.4 Å². The van der Waals surface area contributed by atoms with E-state index < -0.39 is 45.8 Å². The molecule has 0 amide bonds. The molecule has 0 N–H and O–H groups in total. The molecule has 0 spiro atoms. The van der Waals surface area contributed by atoms with Crippen LogP contribution in [-0.4, -0.2) is 43.5 Å². The van der Waals surface area contributed by atoms with Gasteiger partial charge in [0.15, 0.2) is 12.2 Å². The minimum atomic E-state index is -1.50. The zero-order chi connectivity index (χ0) is 25.1. The first-order valence-corrected chi connectivity index (χ1v) is 10.7. The predicted molar refractivity (Wildman–Crippen MR) is 108 cm³/mol. The summed E-state index contributed by atoms with van der Waals surface area (Å²) >= 11 is 0. The average molecular weight is 520 g/mol. The van der Waals surface area contributed by atoms with Crippen molar-refractivity contribution in [2.24, 2.45) is 0 Å². The monoisotopic (exact) mass is 520 g/mol. The Morgan fingerprint density at radius 3 is 1.41 bits per heavy atom. The van der Waals surface area contributed by atoms with Crippen molar-refractivity contribution in [3.05, 3.63) is 88.2 Å². The van der Waals surface area contributed by atoms with Crippen LogP contribution in [0.3, 0.4) is 0 Å². The zero-order valence-corrected chi connectivity index (χ0v) is 18.1. The lowest BCUT2D eigenvalue weighted by Crippen LogP contribution is -2.18. The molecule has 0 saturated heterocycles. The third-order valence-electron chi connectivity index (χ3n) is 3.58. The fraction of sp³-hybridized carbons (Fsp3) is 0.286. The van der Waals surface area contributed by atoms with E-state index in [-0.39, 0.29) is 21.2 Å². The number of hydrogen-bond donors (Lipinski definition) is 0. The lowest BCUT2D eigenvalue weighted by Gasteiger charge is -2.18. The largest absolute Gasteiger partial charge is 0.311 e. The molecule has 182 valence electrons. The quantitative estimate of drug-likeness (QED) is 0.186. The maximum Gasteiger partial charge on any atom is 0.295 e. The van der Waals surface area contributed by atoms with Crippen LogP contribution in [0.4, 0.5) is 0 Å². The Bertz CT molecular complexity index is 964. The van der Waals surface area contributed by atoms with Gasteiger partial charge in [-0.05, 0) is 33.7 Å². The molecule has 0 fully saturated rings. The third-order valence-corrected chi connectivity index (χ3v) is 5.86. The molecule has 2 atom stereocenters. The van der Waals surface area contributed by atoms with Crippen molar-refractivity contribution < 1.29 is 39.7 Å². The van der Waals surface area contributed by atoms with Gasteiger partial charge >= 0.3 is 0 Å². The topological polar surface area (TPSA) is 235 Å². The Balaban J connectivity index is 2.28. The molecule has 2 aromatic rings. The van der Waals surface area contributed by atoms with Crippen molar-refractivity contribution in [3.63, 3.8) is 0 Å². The molecule has 0 aliphatic heterocycles. The van der Waals surface area contributed by atoms with Gasteiger partial charge in [-0.1, -0.05) is 12.1 Å². The Hall–Kier alpha value is -4.20. The van der Waals surface area contributed by atoms with Gasteiger partial charge in [0.2, 0.25) is 0 Å². The highest BCUT2D eigenvalue weighted by atomic mass is 33.1. The van der Waals surface area contributed by atoms with E-state index in [1.807, 2.05) is 0 Å². The molecule has 0 bridgehead atoms. The van der Waals surface area contributed by atoms with Crippen molar-refractivity contribution in [1.29, 1.82) is 0 Å². The minimum Gasteiger partial charge on any atom is -0.311 e. The molecule has 0 saturated carbocycles. The average Bonchev–Trinajstić information content (AvgIpc) is 2.78. The van der Waals surface area contributed by atoms with Crippen LogP contribution in [0.25, 0.3) is 0 Å². The highest BCUT2D eigenvalue weighted by Gasteiger charge is 2.25. The van der Waals surface area contributed by atoms with E-state index in [1.165, 1.54) is 36.7 Å². The van der Waals surface area contributed by atoms with Crippen molar-refractivity contribution in [1.82, 2.24) is 9.97 Å². The summed E-state index contributed by atoms with van der Waals surface area (Å²) in [4.78, 5) is 68.1. The first-order chi connectivity index (χ1) is 16.2. The molecule has 2 heterocycles. The second-order valence-electron chi connectivity index (χ2n) is 5.64. The fourth-order valence-electron chi connectivity index (χ4n) is 2.33. The van der Waals surface area contributed by atoms with E-state index in [0.29, 0.717) is 0 Å². The van der Waals surface area contributed by atoms with E-state index >= 15 is 0 Å². The standard InChI is InChI=1S/C14H12N6O12S2/c21-17(22)29-7-11(31-19(25)26)9-3-1-5-15-13(9)33-34-14-10(4-2-6-16-14)12(32-20(27)28)8-30-18(23)24/h1-6,11-12H,7-8H2. The Morgan fingerprint density at radius 1 is 0.706 bits per heavy atom. The molecule has 2 aromatic heterocycles. The Labute approximate surface area is 195 Å². The van der Waals surface area contributed by atoms with Crippen LogP contribution in [0.15, 0.2) is 46.7 Å². The van der Waals surface area contributed by atoms with Crippen LogP contribution in [0.5, 0.6) is 0 Å². The first-order valence-electron chi connectivity index (χ1n) is 8.58. The number of hydrogen-bond acceptors (Lipinski definition) is 16. The summed E-state index contributed by atoms with van der Waals surface area (Å²) in [5, 5.41) is 38.3.